The monoisotopic (exact) mass is 869 g/mol. The normalized spacial score (nSPS) is 14.2. The standard InChI is InChI=1S/C49H89O10P/c1-3-5-7-9-11-13-15-17-19-21-22-23-24-25-27-29-31-33-35-37-39-41-49(53)59-47(45-58-60(54,55)57-43-46(51)42-50)44-56-48(52)40-38-36-34-32-30-28-26-20-18-16-14-12-10-8-6-4-2/h5,7,11,13,17,19,22-23,46-47,50-51H,3-4,6,8-10,12,14-16,18,20-21,24-45H2,1-2H3,(H,54,55)/b7-5-,13-11-,19-17-,23-22-. The van der Waals surface area contributed by atoms with Gasteiger partial charge in [-0.25, -0.2) is 4.57 Å². The molecule has 0 fully saturated rings. The lowest BCUT2D eigenvalue weighted by molar-refractivity contribution is -0.161. The van der Waals surface area contributed by atoms with Crippen LogP contribution in [-0.4, -0.2) is 65.7 Å². The smallest absolute Gasteiger partial charge is 0.462 e. The van der Waals surface area contributed by atoms with Gasteiger partial charge in [-0.2, -0.15) is 0 Å². The maximum atomic E-state index is 12.7. The third-order valence-corrected chi connectivity index (χ3v) is 11.2. The van der Waals surface area contributed by atoms with E-state index in [9.17, 15) is 24.2 Å². The molecule has 0 aliphatic rings. The predicted molar refractivity (Wildman–Crippen MR) is 247 cm³/mol. The van der Waals surface area contributed by atoms with Crippen LogP contribution < -0.4 is 0 Å². The molecular weight excluding hydrogens is 780 g/mol. The fourth-order valence-electron chi connectivity index (χ4n) is 6.57. The molecule has 0 amide bonds. The summed E-state index contributed by atoms with van der Waals surface area (Å²) in [6, 6.07) is 0. The summed E-state index contributed by atoms with van der Waals surface area (Å²) in [5.41, 5.74) is 0. The van der Waals surface area contributed by atoms with E-state index in [0.29, 0.717) is 12.8 Å². The number of unbranched alkanes of at least 4 members (excludes halogenated alkanes) is 23. The van der Waals surface area contributed by atoms with Gasteiger partial charge in [-0.15, -0.1) is 0 Å². The van der Waals surface area contributed by atoms with Gasteiger partial charge in [0.25, 0.3) is 0 Å². The van der Waals surface area contributed by atoms with Crippen LogP contribution >= 0.6 is 7.82 Å². The molecule has 10 nitrogen and oxygen atoms in total. The summed E-state index contributed by atoms with van der Waals surface area (Å²) in [4.78, 5) is 35.1. The molecule has 0 saturated heterocycles. The zero-order valence-corrected chi connectivity index (χ0v) is 39.1. The Morgan fingerprint density at radius 2 is 0.917 bits per heavy atom. The molecule has 0 saturated carbocycles. The summed E-state index contributed by atoms with van der Waals surface area (Å²) in [5, 5.41) is 18.4. The molecule has 0 rings (SSSR count). The Labute approximate surface area is 366 Å². The van der Waals surface area contributed by atoms with E-state index in [2.05, 4.69) is 62.5 Å². The summed E-state index contributed by atoms with van der Waals surface area (Å²) in [6.07, 6.45) is 49.3. The lowest BCUT2D eigenvalue weighted by Gasteiger charge is -2.20. The number of aliphatic hydroxyl groups excluding tert-OH is 2. The van der Waals surface area contributed by atoms with Gasteiger partial charge in [-0.1, -0.05) is 197 Å². The molecule has 0 bridgehead atoms. The molecule has 0 aliphatic carbocycles. The van der Waals surface area contributed by atoms with Crippen molar-refractivity contribution < 1.29 is 47.8 Å². The summed E-state index contributed by atoms with van der Waals surface area (Å²) < 4.78 is 32.8. The van der Waals surface area contributed by atoms with Crippen molar-refractivity contribution in [3.63, 3.8) is 0 Å². The Morgan fingerprint density at radius 1 is 0.517 bits per heavy atom. The molecular formula is C49H89O10P. The van der Waals surface area contributed by atoms with Gasteiger partial charge in [-0.05, 0) is 51.4 Å². The van der Waals surface area contributed by atoms with E-state index < -0.39 is 51.8 Å². The number of hydrogen-bond donors (Lipinski definition) is 3. The number of rotatable bonds is 45. The first kappa shape index (κ1) is 57.9. The van der Waals surface area contributed by atoms with E-state index in [1.807, 2.05) is 0 Å². The molecule has 3 unspecified atom stereocenters. The van der Waals surface area contributed by atoms with Gasteiger partial charge >= 0.3 is 19.8 Å². The van der Waals surface area contributed by atoms with Gasteiger partial charge < -0.3 is 24.6 Å². The highest BCUT2D eigenvalue weighted by molar-refractivity contribution is 7.47. The van der Waals surface area contributed by atoms with Crippen LogP contribution in [0.5, 0.6) is 0 Å². The highest BCUT2D eigenvalue weighted by Crippen LogP contribution is 2.43. The number of carbonyl (C=O) groups excluding carboxylic acids is 2. The molecule has 0 spiro atoms. The van der Waals surface area contributed by atoms with Crippen molar-refractivity contribution in [3.05, 3.63) is 48.6 Å². The Morgan fingerprint density at radius 3 is 1.38 bits per heavy atom. The molecule has 0 aromatic heterocycles. The topological polar surface area (TPSA) is 149 Å². The minimum atomic E-state index is -4.62. The van der Waals surface area contributed by atoms with Crippen LogP contribution in [-0.2, 0) is 32.7 Å². The number of hydrogen-bond acceptors (Lipinski definition) is 9. The molecule has 0 radical (unpaired) electrons. The van der Waals surface area contributed by atoms with Crippen molar-refractivity contribution in [3.8, 4) is 0 Å². The Hall–Kier alpha value is -2.07. The van der Waals surface area contributed by atoms with E-state index in [0.717, 1.165) is 70.6 Å². The Balaban J connectivity index is 4.23. The first-order valence-corrected chi connectivity index (χ1v) is 25.6. The third kappa shape index (κ3) is 44.0. The van der Waals surface area contributed by atoms with Crippen molar-refractivity contribution in [2.24, 2.45) is 0 Å². The quantitative estimate of drug-likeness (QED) is 0.0234. The van der Waals surface area contributed by atoms with E-state index in [1.165, 1.54) is 103 Å². The van der Waals surface area contributed by atoms with Crippen LogP contribution in [0.2, 0.25) is 0 Å². The lowest BCUT2D eigenvalue weighted by Crippen LogP contribution is -2.29. The lowest BCUT2D eigenvalue weighted by atomic mass is 10.0. The second kappa shape index (κ2) is 45.0. The van der Waals surface area contributed by atoms with Gasteiger partial charge in [0.2, 0.25) is 0 Å². The van der Waals surface area contributed by atoms with E-state index in [4.69, 9.17) is 23.6 Å². The van der Waals surface area contributed by atoms with E-state index in [-0.39, 0.29) is 19.4 Å². The maximum Gasteiger partial charge on any atom is 0.472 e. The predicted octanol–water partition coefficient (Wildman–Crippen LogP) is 13.3. The Kier molecular flexibility index (Phi) is 43.4. The molecule has 3 atom stereocenters. The van der Waals surface area contributed by atoms with Crippen LogP contribution in [0.25, 0.3) is 0 Å². The van der Waals surface area contributed by atoms with Crippen LogP contribution in [0, 0.1) is 0 Å². The first-order valence-electron chi connectivity index (χ1n) is 24.1. The maximum absolute atomic E-state index is 12.7. The van der Waals surface area contributed by atoms with Crippen molar-refractivity contribution in [2.45, 2.75) is 225 Å². The van der Waals surface area contributed by atoms with Gasteiger partial charge in [0.1, 0.15) is 12.7 Å². The molecule has 0 heterocycles. The number of phosphoric acid groups is 1. The van der Waals surface area contributed by atoms with Gasteiger partial charge in [0.15, 0.2) is 6.10 Å². The highest BCUT2D eigenvalue weighted by atomic mass is 31.2. The molecule has 0 aromatic rings. The van der Waals surface area contributed by atoms with E-state index >= 15 is 0 Å². The fourth-order valence-corrected chi connectivity index (χ4v) is 7.36. The van der Waals surface area contributed by atoms with Gasteiger partial charge in [-0.3, -0.25) is 18.6 Å². The number of carbonyl (C=O) groups is 2. The zero-order valence-electron chi connectivity index (χ0n) is 38.2. The molecule has 0 aromatic carbocycles. The largest absolute Gasteiger partial charge is 0.472 e. The van der Waals surface area contributed by atoms with Crippen molar-refractivity contribution >= 4 is 19.8 Å². The molecule has 60 heavy (non-hydrogen) atoms. The van der Waals surface area contributed by atoms with Crippen LogP contribution in [0.15, 0.2) is 48.6 Å². The SMILES string of the molecule is CC/C=C\C/C=C\C/C=C\C/C=C\CCCCCCCCCCC(=O)OC(COC(=O)CCCCCCCCCCCCCCCCCC)COP(=O)(O)OCC(O)CO. The molecule has 0 aliphatic heterocycles. The zero-order chi connectivity index (χ0) is 44.0. The van der Waals surface area contributed by atoms with Crippen molar-refractivity contribution in [1.29, 1.82) is 0 Å². The second-order valence-electron chi connectivity index (χ2n) is 16.1. The van der Waals surface area contributed by atoms with Gasteiger partial charge in [0, 0.05) is 12.8 Å². The van der Waals surface area contributed by atoms with Crippen molar-refractivity contribution in [2.75, 3.05) is 26.4 Å². The molecule has 11 heteroatoms. The second-order valence-corrected chi connectivity index (χ2v) is 17.6. The Bertz CT molecular complexity index is 1140. The minimum Gasteiger partial charge on any atom is -0.462 e. The minimum absolute atomic E-state index is 0.175. The first-order chi connectivity index (χ1) is 29.2. The molecule has 3 N–H and O–H groups in total. The summed E-state index contributed by atoms with van der Waals surface area (Å²) >= 11 is 0. The van der Waals surface area contributed by atoms with Crippen LogP contribution in [0.1, 0.15) is 213 Å². The molecule has 350 valence electrons. The van der Waals surface area contributed by atoms with Crippen molar-refractivity contribution in [1.82, 2.24) is 0 Å². The average Bonchev–Trinajstić information content (AvgIpc) is 3.24. The number of allylic oxidation sites excluding steroid dienone is 8. The average molecular weight is 869 g/mol. The summed E-state index contributed by atoms with van der Waals surface area (Å²) in [6.45, 7) is 2.28. The summed E-state index contributed by atoms with van der Waals surface area (Å²) in [7, 11) is -4.62. The van der Waals surface area contributed by atoms with E-state index in [1.54, 1.807) is 0 Å². The van der Waals surface area contributed by atoms with Gasteiger partial charge in [0.05, 0.1) is 19.8 Å². The number of esters is 2. The van der Waals surface area contributed by atoms with Crippen LogP contribution in [0.3, 0.4) is 0 Å². The third-order valence-electron chi connectivity index (χ3n) is 10.2. The number of ether oxygens (including phenoxy) is 2. The fraction of sp³-hybridized carbons (Fsp3) is 0.796. The van der Waals surface area contributed by atoms with Crippen LogP contribution in [0.4, 0.5) is 0 Å². The highest BCUT2D eigenvalue weighted by Gasteiger charge is 2.27. The number of phosphoric ester groups is 1. The number of aliphatic hydroxyl groups is 2. The summed E-state index contributed by atoms with van der Waals surface area (Å²) in [5.74, 6) is -0.927.